The molecule has 1 fully saturated rings. The molecule has 0 aromatic heterocycles. The lowest BCUT2D eigenvalue weighted by molar-refractivity contribution is -0.0582. The first kappa shape index (κ1) is 7.61. The van der Waals surface area contributed by atoms with Gasteiger partial charge in [-0.3, -0.25) is 5.41 Å². The molecule has 1 aliphatic heterocycles. The van der Waals surface area contributed by atoms with E-state index in [2.05, 4.69) is 9.68 Å². The van der Waals surface area contributed by atoms with Crippen molar-refractivity contribution in [2.45, 2.75) is 0 Å². The molecule has 0 atom stereocenters. The van der Waals surface area contributed by atoms with Crippen LogP contribution in [0, 0.1) is 5.41 Å². The van der Waals surface area contributed by atoms with Crippen molar-refractivity contribution in [1.82, 2.24) is 10.5 Å². The molecule has 0 saturated carbocycles. The zero-order chi connectivity index (χ0) is 8.27. The lowest BCUT2D eigenvalue weighted by Crippen LogP contribution is -2.33. The van der Waals surface area contributed by atoms with Gasteiger partial charge in [-0.15, -0.1) is 5.06 Å². The normalized spacial score (nSPS) is 15.3. The van der Waals surface area contributed by atoms with Crippen LogP contribution in [-0.2, 0) is 9.68 Å². The molecule has 0 amide bonds. The van der Waals surface area contributed by atoms with Crippen LogP contribution in [0.1, 0.15) is 0 Å². The van der Waals surface area contributed by atoms with Gasteiger partial charge in [0, 0.05) is 0 Å². The number of guanidine groups is 1. The first-order valence-electron chi connectivity index (χ1n) is 2.92. The Morgan fingerprint density at radius 2 is 2.27 bits per heavy atom. The largest absolute Gasteiger partial charge is 0.553 e. The maximum absolute atomic E-state index is 10.5. The first-order chi connectivity index (χ1) is 5.18. The van der Waals surface area contributed by atoms with E-state index < -0.39 is 12.1 Å². The number of hydrogen-bond acceptors (Lipinski definition) is 5. The van der Waals surface area contributed by atoms with Crippen molar-refractivity contribution >= 4 is 12.1 Å². The third-order valence-electron chi connectivity index (χ3n) is 0.854. The molecular weight excluding hydrogens is 152 g/mol. The minimum atomic E-state index is -0.919. The van der Waals surface area contributed by atoms with Crippen LogP contribution in [0.3, 0.4) is 0 Å². The molecule has 0 aliphatic carbocycles. The van der Waals surface area contributed by atoms with Gasteiger partial charge < -0.3 is 15.4 Å². The predicted octanol–water partition coefficient (Wildman–Crippen LogP) is -1.23. The number of nitrogens with zero attached hydrogens (tertiary/aromatic N) is 1. The molecular formula is C4H8N4O3. The number of rotatable bonds is 1. The Hall–Kier alpha value is -1.50. The summed E-state index contributed by atoms with van der Waals surface area (Å²) in [6.07, 6.45) is -0.919. The molecule has 1 saturated heterocycles. The van der Waals surface area contributed by atoms with Gasteiger partial charge in [-0.25, -0.2) is 0 Å². The fourth-order valence-electron chi connectivity index (χ4n) is 0.353. The van der Waals surface area contributed by atoms with E-state index in [4.69, 9.17) is 11.1 Å². The van der Waals surface area contributed by atoms with Crippen LogP contribution < -0.4 is 11.2 Å². The monoisotopic (exact) mass is 160 g/mol. The zero-order valence-corrected chi connectivity index (χ0v) is 5.66. The van der Waals surface area contributed by atoms with Crippen molar-refractivity contribution in [2.75, 3.05) is 13.1 Å². The van der Waals surface area contributed by atoms with Crippen LogP contribution in [0.4, 0.5) is 4.79 Å². The summed E-state index contributed by atoms with van der Waals surface area (Å²) in [5.41, 5.74) is 6.65. The smallest absolute Gasteiger partial charge is 0.368 e. The number of hydrogen-bond donors (Lipinski definition) is 3. The van der Waals surface area contributed by atoms with Gasteiger partial charge in [-0.2, -0.15) is 10.3 Å². The lowest BCUT2D eigenvalue weighted by atomic mass is 11.0. The Bertz CT molecular complexity index is 178. The van der Waals surface area contributed by atoms with Crippen molar-refractivity contribution in [1.29, 1.82) is 5.41 Å². The van der Waals surface area contributed by atoms with E-state index in [9.17, 15) is 4.79 Å². The molecule has 0 spiro atoms. The number of nitrogens with one attached hydrogen (secondary N) is 2. The zero-order valence-electron chi connectivity index (χ0n) is 5.66. The van der Waals surface area contributed by atoms with Crippen LogP contribution in [0.15, 0.2) is 0 Å². The highest BCUT2D eigenvalue weighted by molar-refractivity contribution is 5.74. The molecule has 7 heteroatoms. The molecule has 0 aromatic carbocycles. The first-order valence-corrected chi connectivity index (χ1v) is 2.92. The topological polar surface area (TPSA) is 100 Å². The van der Waals surface area contributed by atoms with E-state index in [1.807, 2.05) is 5.48 Å². The highest BCUT2D eigenvalue weighted by Crippen LogP contribution is 2.03. The minimum Gasteiger partial charge on any atom is -0.368 e. The quantitative estimate of drug-likeness (QED) is 0.192. The van der Waals surface area contributed by atoms with Gasteiger partial charge in [0.25, 0.3) is 0 Å². The summed E-state index contributed by atoms with van der Waals surface area (Å²) in [6.45, 7) is 1.43. The van der Waals surface area contributed by atoms with Crippen LogP contribution >= 0.6 is 0 Å². The van der Waals surface area contributed by atoms with Gasteiger partial charge >= 0.3 is 6.16 Å². The number of carbonyl (C=O) groups is 1. The number of carbonyl (C=O) groups excluding carboxylic acids is 1. The Labute approximate surface area is 62.5 Å². The molecule has 1 aliphatic rings. The number of hydroxylamine groups is 3. The van der Waals surface area contributed by atoms with E-state index in [1.165, 1.54) is 5.06 Å². The maximum atomic E-state index is 10.5. The fraction of sp³-hybridized carbons (Fsp3) is 0.500. The van der Waals surface area contributed by atoms with E-state index in [0.29, 0.717) is 0 Å². The second kappa shape index (κ2) is 3.06. The molecule has 4 N–H and O–H groups in total. The molecule has 7 nitrogen and oxygen atoms in total. The molecule has 62 valence electrons. The van der Waals surface area contributed by atoms with E-state index in [1.54, 1.807) is 0 Å². The summed E-state index contributed by atoms with van der Waals surface area (Å²) in [7, 11) is 0. The fourth-order valence-corrected chi connectivity index (χ4v) is 0.353. The van der Waals surface area contributed by atoms with Crippen molar-refractivity contribution in [2.24, 2.45) is 5.73 Å². The van der Waals surface area contributed by atoms with Gasteiger partial charge in [-0.05, 0) is 0 Å². The molecule has 0 radical (unpaired) electrons. The van der Waals surface area contributed by atoms with Crippen molar-refractivity contribution < 1.29 is 14.5 Å². The summed E-state index contributed by atoms with van der Waals surface area (Å²) < 4.78 is 0. The average Bonchev–Trinajstić information content (AvgIpc) is 2.67. The predicted molar refractivity (Wildman–Crippen MR) is 34.2 cm³/mol. The van der Waals surface area contributed by atoms with Gasteiger partial charge in [0.1, 0.15) is 0 Å². The Morgan fingerprint density at radius 1 is 1.64 bits per heavy atom. The van der Waals surface area contributed by atoms with Gasteiger partial charge in [0.15, 0.2) is 0 Å². The summed E-state index contributed by atoms with van der Waals surface area (Å²) in [5, 5.41) is 8.00. The number of nitrogens with two attached hydrogens (primary N) is 1. The molecule has 0 unspecified atom stereocenters. The third-order valence-corrected chi connectivity index (χ3v) is 0.854. The minimum absolute atomic E-state index is 0.451. The summed E-state index contributed by atoms with van der Waals surface area (Å²) in [6, 6.07) is 0. The Kier molecular flexibility index (Phi) is 2.12. The Morgan fingerprint density at radius 3 is 2.73 bits per heavy atom. The molecule has 1 heterocycles. The molecule has 0 aromatic rings. The Balaban J connectivity index is 2.04. The summed E-state index contributed by atoms with van der Waals surface area (Å²) in [4.78, 5) is 19.1. The van der Waals surface area contributed by atoms with Crippen LogP contribution in [0.5, 0.6) is 0 Å². The van der Waals surface area contributed by atoms with E-state index in [0.717, 1.165) is 13.1 Å². The maximum Gasteiger partial charge on any atom is 0.553 e. The molecule has 0 bridgehead atoms. The van der Waals surface area contributed by atoms with Gasteiger partial charge in [0.05, 0.1) is 13.1 Å². The van der Waals surface area contributed by atoms with Crippen LogP contribution in [-0.4, -0.2) is 30.3 Å². The second-order valence-electron chi connectivity index (χ2n) is 1.89. The summed E-state index contributed by atoms with van der Waals surface area (Å²) in [5.74, 6) is -0.451. The highest BCUT2D eigenvalue weighted by Gasteiger charge is 2.23. The van der Waals surface area contributed by atoms with Crippen LogP contribution in [0.25, 0.3) is 0 Å². The van der Waals surface area contributed by atoms with Crippen molar-refractivity contribution in [3.8, 4) is 0 Å². The third kappa shape index (κ3) is 3.26. The van der Waals surface area contributed by atoms with Crippen LogP contribution in [0.2, 0.25) is 0 Å². The van der Waals surface area contributed by atoms with Gasteiger partial charge in [0.2, 0.25) is 5.96 Å². The van der Waals surface area contributed by atoms with E-state index in [-0.39, 0.29) is 0 Å². The highest BCUT2D eigenvalue weighted by atomic mass is 16.9. The summed E-state index contributed by atoms with van der Waals surface area (Å²) >= 11 is 0. The SMILES string of the molecule is N=C(N)NOC(=O)ON1CC1. The standard InChI is InChI=1S/C4H8N4O3/c5-3(6)7-10-4(9)11-8-1-2-8/h1-2H2,(H4,5,6,7). The average molecular weight is 160 g/mol. The van der Waals surface area contributed by atoms with Crippen molar-refractivity contribution in [3.63, 3.8) is 0 Å². The molecule has 1 rings (SSSR count). The molecule has 11 heavy (non-hydrogen) atoms. The van der Waals surface area contributed by atoms with Gasteiger partial charge in [-0.1, -0.05) is 0 Å². The van der Waals surface area contributed by atoms with Crippen molar-refractivity contribution in [3.05, 3.63) is 0 Å². The second-order valence-corrected chi connectivity index (χ2v) is 1.89. The van der Waals surface area contributed by atoms with E-state index >= 15 is 0 Å². The lowest BCUT2D eigenvalue weighted by Gasteiger charge is -2.03.